The van der Waals surface area contributed by atoms with Crippen molar-refractivity contribution in [1.82, 2.24) is 0 Å². The second kappa shape index (κ2) is 11.2. The fraction of sp³-hybridized carbons (Fsp3) is 1.00. The average Bonchev–Trinajstić information content (AvgIpc) is 2.78. The molecule has 0 aromatic carbocycles. The first-order valence-electron chi connectivity index (χ1n) is 10.6. The molecule has 0 spiro atoms. The van der Waals surface area contributed by atoms with E-state index in [1.54, 1.807) is 0 Å². The Kier molecular flexibility index (Phi) is 9.15. The van der Waals surface area contributed by atoms with Crippen LogP contribution < -0.4 is 17.2 Å². The molecule has 0 aromatic heterocycles. The number of hydrogen-bond donors (Lipinski definition) is 9. The van der Waals surface area contributed by atoms with Crippen LogP contribution in [0.3, 0.4) is 0 Å². The molecule has 3 heterocycles. The van der Waals surface area contributed by atoms with E-state index in [1.165, 1.54) is 0 Å². The van der Waals surface area contributed by atoms with E-state index >= 15 is 0 Å². The standard InChI is InChI=1S/C18H35N3O11/c19-7-5-28-9(3-23)15(13(7)26)31-18-12(21)14(27)16(10(4-24)30-18)32-17-11(20)8(25)1-6(2-22)29-17/h6-18,22-27H,1-5,19-21H2/t6-,7-,8+,9+,10+,11+,12+,13-,14-,15+,16+,17-,18-/m1/s1. The molecule has 0 unspecified atom stereocenters. The van der Waals surface area contributed by atoms with Gasteiger partial charge in [0.05, 0.1) is 56.8 Å². The van der Waals surface area contributed by atoms with Crippen molar-refractivity contribution in [3.8, 4) is 0 Å². The highest BCUT2D eigenvalue weighted by atomic mass is 16.7. The summed E-state index contributed by atoms with van der Waals surface area (Å²) in [5.41, 5.74) is 17.8. The minimum atomic E-state index is -1.43. The Bertz CT molecular complexity index is 588. The van der Waals surface area contributed by atoms with Gasteiger partial charge in [-0.1, -0.05) is 0 Å². The number of ether oxygens (including phenoxy) is 5. The molecule has 3 saturated heterocycles. The molecule has 0 radical (unpaired) electrons. The highest BCUT2D eigenvalue weighted by Crippen LogP contribution is 2.30. The van der Waals surface area contributed by atoms with Gasteiger partial charge >= 0.3 is 0 Å². The van der Waals surface area contributed by atoms with E-state index in [0.29, 0.717) is 0 Å². The van der Waals surface area contributed by atoms with Gasteiger partial charge in [-0.05, 0) is 0 Å². The lowest BCUT2D eigenvalue weighted by atomic mass is 9.95. The van der Waals surface area contributed by atoms with Crippen LogP contribution in [0.2, 0.25) is 0 Å². The van der Waals surface area contributed by atoms with Gasteiger partial charge in [-0.3, -0.25) is 0 Å². The Labute approximate surface area is 184 Å². The third-order valence-corrected chi connectivity index (χ3v) is 6.10. The van der Waals surface area contributed by atoms with E-state index in [0.717, 1.165) is 0 Å². The highest BCUT2D eigenvalue weighted by molar-refractivity contribution is 4.97. The van der Waals surface area contributed by atoms with Gasteiger partial charge in [0.2, 0.25) is 0 Å². The van der Waals surface area contributed by atoms with Crippen molar-refractivity contribution in [2.45, 2.75) is 86.0 Å². The molecular formula is C18H35N3O11. The van der Waals surface area contributed by atoms with Crippen LogP contribution in [-0.2, 0) is 23.7 Å². The van der Waals surface area contributed by atoms with Crippen LogP contribution in [0, 0.1) is 0 Å². The number of nitrogens with two attached hydrogens (primary N) is 3. The second-order valence-electron chi connectivity index (χ2n) is 8.39. The third kappa shape index (κ3) is 5.39. The lowest BCUT2D eigenvalue weighted by Gasteiger charge is -2.47. The van der Waals surface area contributed by atoms with Crippen molar-refractivity contribution in [3.63, 3.8) is 0 Å². The molecule has 0 aromatic rings. The molecule has 14 heteroatoms. The maximum Gasteiger partial charge on any atom is 0.176 e. The summed E-state index contributed by atoms with van der Waals surface area (Å²) < 4.78 is 28.0. The molecule has 14 nitrogen and oxygen atoms in total. The molecule has 3 aliphatic rings. The van der Waals surface area contributed by atoms with Crippen LogP contribution in [0.25, 0.3) is 0 Å². The van der Waals surface area contributed by atoms with Crippen molar-refractivity contribution >= 4 is 0 Å². The lowest BCUT2D eigenvalue weighted by molar-refractivity contribution is -0.335. The van der Waals surface area contributed by atoms with E-state index < -0.39 is 92.8 Å². The second-order valence-corrected chi connectivity index (χ2v) is 8.39. The predicted molar refractivity (Wildman–Crippen MR) is 105 cm³/mol. The molecule has 32 heavy (non-hydrogen) atoms. The Morgan fingerprint density at radius 3 is 1.94 bits per heavy atom. The van der Waals surface area contributed by atoms with Gasteiger partial charge in [0.15, 0.2) is 12.6 Å². The Morgan fingerprint density at radius 1 is 0.750 bits per heavy atom. The van der Waals surface area contributed by atoms with E-state index in [4.69, 9.17) is 40.9 Å². The first kappa shape index (κ1) is 26.1. The van der Waals surface area contributed by atoms with Crippen LogP contribution in [0.15, 0.2) is 0 Å². The predicted octanol–water partition coefficient (Wildman–Crippen LogP) is -5.96. The van der Waals surface area contributed by atoms with E-state index in [2.05, 4.69) is 0 Å². The first-order chi connectivity index (χ1) is 15.2. The SMILES string of the molecule is N[C@@H]1[C@@H](O[C@@H]2[C@H](O)[C@H](N)CO[C@H]2CO)O[C@@H](CO)[C@H](O[C@H]2O[C@@H](CO)C[C@H](O)[C@@H]2N)[C@@H]1O. The van der Waals surface area contributed by atoms with Crippen molar-refractivity contribution in [2.75, 3.05) is 26.4 Å². The van der Waals surface area contributed by atoms with E-state index in [9.17, 15) is 30.6 Å². The zero-order valence-electron chi connectivity index (χ0n) is 17.5. The van der Waals surface area contributed by atoms with E-state index in [-0.39, 0.29) is 19.6 Å². The van der Waals surface area contributed by atoms with Crippen molar-refractivity contribution < 1.29 is 54.3 Å². The van der Waals surface area contributed by atoms with Gasteiger partial charge in [-0.25, -0.2) is 0 Å². The van der Waals surface area contributed by atoms with Gasteiger partial charge in [-0.2, -0.15) is 0 Å². The molecule has 3 aliphatic heterocycles. The summed E-state index contributed by atoms with van der Waals surface area (Å²) >= 11 is 0. The quantitative estimate of drug-likeness (QED) is 0.168. The van der Waals surface area contributed by atoms with Crippen molar-refractivity contribution in [3.05, 3.63) is 0 Å². The van der Waals surface area contributed by atoms with Crippen LogP contribution in [0.5, 0.6) is 0 Å². The van der Waals surface area contributed by atoms with Gasteiger partial charge < -0.3 is 71.5 Å². The normalized spacial score (nSPS) is 50.3. The van der Waals surface area contributed by atoms with Gasteiger partial charge in [0.25, 0.3) is 0 Å². The number of hydrogen-bond acceptors (Lipinski definition) is 14. The third-order valence-electron chi connectivity index (χ3n) is 6.10. The van der Waals surface area contributed by atoms with Crippen molar-refractivity contribution in [2.24, 2.45) is 17.2 Å². The maximum atomic E-state index is 10.8. The molecule has 3 rings (SSSR count). The molecule has 0 amide bonds. The summed E-state index contributed by atoms with van der Waals surface area (Å²) in [5.74, 6) is 0. The number of rotatable bonds is 7. The molecule has 12 N–H and O–H groups in total. The van der Waals surface area contributed by atoms with Crippen LogP contribution in [0.4, 0.5) is 0 Å². The number of aliphatic hydroxyl groups is 6. The summed E-state index contributed by atoms with van der Waals surface area (Å²) in [7, 11) is 0. The molecule has 0 bridgehead atoms. The van der Waals surface area contributed by atoms with Gasteiger partial charge in [0.1, 0.15) is 36.6 Å². The van der Waals surface area contributed by atoms with Gasteiger partial charge in [-0.15, -0.1) is 0 Å². The molecule has 0 aliphatic carbocycles. The minimum absolute atomic E-state index is 0.0178. The Morgan fingerprint density at radius 2 is 1.34 bits per heavy atom. The summed E-state index contributed by atoms with van der Waals surface area (Å²) in [6.45, 7) is -1.41. The summed E-state index contributed by atoms with van der Waals surface area (Å²) in [5, 5.41) is 59.9. The Balaban J connectivity index is 1.70. The molecule has 13 atom stereocenters. The largest absolute Gasteiger partial charge is 0.394 e. The number of aliphatic hydroxyl groups excluding tert-OH is 6. The first-order valence-corrected chi connectivity index (χ1v) is 10.6. The van der Waals surface area contributed by atoms with E-state index in [1.807, 2.05) is 0 Å². The average molecular weight is 469 g/mol. The molecular weight excluding hydrogens is 434 g/mol. The van der Waals surface area contributed by atoms with Gasteiger partial charge in [0, 0.05) is 6.42 Å². The summed E-state index contributed by atoms with van der Waals surface area (Å²) in [6, 6.07) is -2.95. The van der Waals surface area contributed by atoms with Crippen LogP contribution >= 0.6 is 0 Å². The maximum absolute atomic E-state index is 10.8. The topological polar surface area (TPSA) is 246 Å². The monoisotopic (exact) mass is 469 g/mol. The molecule has 188 valence electrons. The molecule has 0 saturated carbocycles. The summed E-state index contributed by atoms with van der Waals surface area (Å²) in [4.78, 5) is 0. The fourth-order valence-corrected chi connectivity index (χ4v) is 4.09. The summed E-state index contributed by atoms with van der Waals surface area (Å²) in [6.07, 6.45) is -11.1. The fourth-order valence-electron chi connectivity index (χ4n) is 4.09. The Hall–Kier alpha value is -0.560. The zero-order valence-corrected chi connectivity index (χ0v) is 17.5. The zero-order chi connectivity index (χ0) is 23.6. The molecule has 3 fully saturated rings. The lowest BCUT2D eigenvalue weighted by Crippen LogP contribution is -2.67. The van der Waals surface area contributed by atoms with Crippen molar-refractivity contribution in [1.29, 1.82) is 0 Å². The highest BCUT2D eigenvalue weighted by Gasteiger charge is 2.50. The van der Waals surface area contributed by atoms with Crippen LogP contribution in [-0.4, -0.2) is 137 Å². The smallest absolute Gasteiger partial charge is 0.176 e. The van der Waals surface area contributed by atoms with Crippen LogP contribution in [0.1, 0.15) is 6.42 Å². The minimum Gasteiger partial charge on any atom is -0.394 e.